The van der Waals surface area contributed by atoms with E-state index in [0.717, 1.165) is 18.5 Å². The molecule has 1 atom stereocenters. The van der Waals surface area contributed by atoms with Crippen LogP contribution in [0.1, 0.15) is 39.7 Å². The number of carbonyl (C=O) groups excluding carboxylic acids is 2. The molecule has 6 nitrogen and oxygen atoms in total. The quantitative estimate of drug-likeness (QED) is 0.539. The number of nitrogens with zero attached hydrogens (tertiary/aromatic N) is 1. The van der Waals surface area contributed by atoms with Crippen molar-refractivity contribution in [2.24, 2.45) is 0 Å². The molecular formula is C20H33N2O4+. The number of ether oxygens (including phenoxy) is 2. The minimum absolute atomic E-state index is 0.222. The van der Waals surface area contributed by atoms with E-state index in [4.69, 9.17) is 9.47 Å². The zero-order chi connectivity index (χ0) is 19.6. The Morgan fingerprint density at radius 2 is 1.77 bits per heavy atom. The van der Waals surface area contributed by atoms with E-state index in [1.54, 1.807) is 0 Å². The molecule has 0 heterocycles. The number of likely N-dealkylation sites (N-methyl/N-ethyl adjacent to an activating group) is 1. The summed E-state index contributed by atoms with van der Waals surface area (Å²) in [6.45, 7) is 10.1. The molecule has 0 saturated heterocycles. The third-order valence-electron chi connectivity index (χ3n) is 3.83. The predicted molar refractivity (Wildman–Crippen MR) is 102 cm³/mol. The highest BCUT2D eigenvalue weighted by molar-refractivity contribution is 5.71. The maximum Gasteiger partial charge on any atom is 0.407 e. The fourth-order valence-corrected chi connectivity index (χ4v) is 2.70. The standard InChI is InChI=1S/C20H32N2O4/c1-6-13-22(5,15-18(23)26-20(2,3)4)14-12-21-19(24)25-16-17-10-8-7-9-11-17/h7-11H,6,12-16H2,1-5H3/p+1. The van der Waals surface area contributed by atoms with Crippen LogP contribution in [0.15, 0.2) is 30.3 Å². The SMILES string of the molecule is CCC[N+](C)(CCNC(=O)OCc1ccccc1)CC(=O)OC(C)(C)C. The molecule has 0 aromatic heterocycles. The van der Waals surface area contributed by atoms with E-state index >= 15 is 0 Å². The molecule has 1 rings (SSSR count). The van der Waals surface area contributed by atoms with Crippen molar-refractivity contribution in [1.82, 2.24) is 5.32 Å². The Morgan fingerprint density at radius 3 is 2.35 bits per heavy atom. The Hall–Kier alpha value is -2.08. The van der Waals surface area contributed by atoms with Crippen molar-refractivity contribution in [1.29, 1.82) is 0 Å². The Bertz CT molecular complexity index is 569. The number of hydrogen-bond donors (Lipinski definition) is 1. The topological polar surface area (TPSA) is 64.6 Å². The highest BCUT2D eigenvalue weighted by Crippen LogP contribution is 2.10. The summed E-state index contributed by atoms with van der Waals surface area (Å²) in [5.74, 6) is -0.222. The van der Waals surface area contributed by atoms with Crippen LogP contribution in [0.4, 0.5) is 4.79 Å². The number of nitrogens with one attached hydrogen (secondary N) is 1. The maximum absolute atomic E-state index is 12.2. The van der Waals surface area contributed by atoms with Gasteiger partial charge in [-0.2, -0.15) is 0 Å². The van der Waals surface area contributed by atoms with Crippen molar-refractivity contribution in [3.8, 4) is 0 Å². The molecule has 26 heavy (non-hydrogen) atoms. The van der Waals surface area contributed by atoms with Crippen molar-refractivity contribution in [2.45, 2.75) is 46.3 Å². The van der Waals surface area contributed by atoms with Gasteiger partial charge in [0.1, 0.15) is 12.2 Å². The van der Waals surface area contributed by atoms with E-state index < -0.39 is 11.7 Å². The lowest BCUT2D eigenvalue weighted by molar-refractivity contribution is -0.901. The highest BCUT2D eigenvalue weighted by atomic mass is 16.6. The van der Waals surface area contributed by atoms with Crippen LogP contribution in [0.3, 0.4) is 0 Å². The molecule has 0 spiro atoms. The average molecular weight is 365 g/mol. The van der Waals surface area contributed by atoms with Crippen LogP contribution in [0, 0.1) is 0 Å². The van der Waals surface area contributed by atoms with Gasteiger partial charge in [0.05, 0.1) is 26.7 Å². The van der Waals surface area contributed by atoms with Gasteiger partial charge in [0, 0.05) is 0 Å². The molecule has 0 saturated carbocycles. The van der Waals surface area contributed by atoms with Crippen molar-refractivity contribution < 1.29 is 23.5 Å². The zero-order valence-electron chi connectivity index (χ0n) is 16.7. The van der Waals surface area contributed by atoms with E-state index in [1.165, 1.54) is 0 Å². The van der Waals surface area contributed by atoms with E-state index in [1.807, 2.05) is 58.2 Å². The smallest absolute Gasteiger partial charge is 0.407 e. The summed E-state index contributed by atoms with van der Waals surface area (Å²) in [5.41, 5.74) is 0.451. The second-order valence-corrected chi connectivity index (χ2v) is 7.80. The molecule has 0 aliphatic rings. The van der Waals surface area contributed by atoms with Gasteiger partial charge in [-0.15, -0.1) is 0 Å². The lowest BCUT2D eigenvalue weighted by atomic mass is 10.2. The monoisotopic (exact) mass is 365 g/mol. The number of rotatable bonds is 9. The number of quaternary nitrogens is 1. The van der Waals surface area contributed by atoms with Crippen LogP contribution in [-0.2, 0) is 20.9 Å². The van der Waals surface area contributed by atoms with Crippen LogP contribution < -0.4 is 5.32 Å². The fourth-order valence-electron chi connectivity index (χ4n) is 2.70. The molecular weight excluding hydrogens is 332 g/mol. The van der Waals surface area contributed by atoms with Gasteiger partial charge in [0.2, 0.25) is 0 Å². The molecule has 0 bridgehead atoms. The summed E-state index contributed by atoms with van der Waals surface area (Å²) in [6.07, 6.45) is 0.492. The molecule has 1 aromatic rings. The normalized spacial score (nSPS) is 13.6. The molecule has 0 radical (unpaired) electrons. The van der Waals surface area contributed by atoms with Gasteiger partial charge >= 0.3 is 12.1 Å². The van der Waals surface area contributed by atoms with E-state index in [9.17, 15) is 9.59 Å². The average Bonchev–Trinajstić information content (AvgIpc) is 2.52. The van der Waals surface area contributed by atoms with Gasteiger partial charge in [-0.25, -0.2) is 9.59 Å². The van der Waals surface area contributed by atoms with Crippen molar-refractivity contribution >= 4 is 12.1 Å². The van der Waals surface area contributed by atoms with Crippen LogP contribution in [-0.4, -0.2) is 55.4 Å². The molecule has 0 aliphatic heterocycles. The summed E-state index contributed by atoms with van der Waals surface area (Å²) >= 11 is 0. The lowest BCUT2D eigenvalue weighted by Crippen LogP contribution is -2.52. The summed E-state index contributed by atoms with van der Waals surface area (Å²) in [5, 5.41) is 2.76. The third-order valence-corrected chi connectivity index (χ3v) is 3.83. The van der Waals surface area contributed by atoms with Gasteiger partial charge in [0.25, 0.3) is 0 Å². The summed E-state index contributed by atoms with van der Waals surface area (Å²) in [4.78, 5) is 24.0. The van der Waals surface area contributed by atoms with E-state index in [0.29, 0.717) is 17.6 Å². The first-order valence-corrected chi connectivity index (χ1v) is 9.13. The van der Waals surface area contributed by atoms with Crippen LogP contribution >= 0.6 is 0 Å². The minimum Gasteiger partial charge on any atom is -0.456 e. The fraction of sp³-hybridized carbons (Fsp3) is 0.600. The molecule has 1 unspecified atom stereocenters. The Balaban J connectivity index is 2.41. The molecule has 6 heteroatoms. The van der Waals surface area contributed by atoms with E-state index in [2.05, 4.69) is 12.2 Å². The van der Waals surface area contributed by atoms with Crippen LogP contribution in [0.2, 0.25) is 0 Å². The minimum atomic E-state index is -0.492. The summed E-state index contributed by atoms with van der Waals surface area (Å²) < 4.78 is 11.1. The number of hydrogen-bond acceptors (Lipinski definition) is 4. The maximum atomic E-state index is 12.2. The van der Waals surface area contributed by atoms with Gasteiger partial charge in [-0.05, 0) is 32.8 Å². The van der Waals surface area contributed by atoms with Crippen LogP contribution in [0.5, 0.6) is 0 Å². The van der Waals surface area contributed by atoms with Crippen molar-refractivity contribution in [3.05, 3.63) is 35.9 Å². The third kappa shape index (κ3) is 9.42. The Kier molecular flexibility index (Phi) is 8.58. The first-order valence-electron chi connectivity index (χ1n) is 9.13. The van der Waals surface area contributed by atoms with Gasteiger partial charge in [0.15, 0.2) is 6.54 Å². The number of carbonyl (C=O) groups is 2. The second-order valence-electron chi connectivity index (χ2n) is 7.80. The van der Waals surface area contributed by atoms with Gasteiger partial charge in [-0.3, -0.25) is 0 Å². The number of benzene rings is 1. The molecule has 0 fully saturated rings. The molecule has 1 amide bonds. The predicted octanol–water partition coefficient (Wildman–Crippen LogP) is 3.11. The largest absolute Gasteiger partial charge is 0.456 e. The molecule has 1 N–H and O–H groups in total. The lowest BCUT2D eigenvalue weighted by Gasteiger charge is -2.34. The number of esters is 1. The Morgan fingerprint density at radius 1 is 1.12 bits per heavy atom. The zero-order valence-corrected chi connectivity index (χ0v) is 16.7. The van der Waals surface area contributed by atoms with Gasteiger partial charge in [-0.1, -0.05) is 37.3 Å². The van der Waals surface area contributed by atoms with Crippen LogP contribution in [0.25, 0.3) is 0 Å². The van der Waals surface area contributed by atoms with Gasteiger partial charge < -0.3 is 19.3 Å². The first-order chi connectivity index (χ1) is 12.1. The number of alkyl carbamates (subject to hydrolysis) is 1. The summed E-state index contributed by atoms with van der Waals surface area (Å²) in [7, 11) is 2.00. The van der Waals surface area contributed by atoms with Crippen molar-refractivity contribution in [3.63, 3.8) is 0 Å². The number of amides is 1. The molecule has 1 aromatic carbocycles. The second kappa shape index (κ2) is 10.2. The Labute approximate surface area is 157 Å². The highest BCUT2D eigenvalue weighted by Gasteiger charge is 2.28. The molecule has 0 aliphatic carbocycles. The van der Waals surface area contributed by atoms with Crippen molar-refractivity contribution in [2.75, 3.05) is 33.2 Å². The first kappa shape index (κ1) is 22.0. The summed E-state index contributed by atoms with van der Waals surface area (Å²) in [6, 6.07) is 9.54. The van der Waals surface area contributed by atoms with E-state index in [-0.39, 0.29) is 19.1 Å². The molecule has 146 valence electrons.